The lowest BCUT2D eigenvalue weighted by atomic mass is 10.1. The molecule has 0 aliphatic heterocycles. The maximum Gasteiger partial charge on any atom is 0.255 e. The fraction of sp³-hybridized carbons (Fsp3) is 0.350. The van der Waals surface area contributed by atoms with Crippen molar-refractivity contribution in [1.29, 1.82) is 5.26 Å². The summed E-state index contributed by atoms with van der Waals surface area (Å²) in [5.74, 6) is 1.05. The van der Waals surface area contributed by atoms with Crippen molar-refractivity contribution in [2.24, 2.45) is 0 Å². The number of rotatable bonds is 6. The molecule has 134 valence electrons. The molecule has 1 heterocycles. The molecule has 6 heteroatoms. The van der Waals surface area contributed by atoms with Crippen LogP contribution in [-0.4, -0.2) is 36.2 Å². The van der Waals surface area contributed by atoms with E-state index in [4.69, 9.17) is 4.74 Å². The summed E-state index contributed by atoms with van der Waals surface area (Å²) >= 11 is 1.41. The van der Waals surface area contributed by atoms with Gasteiger partial charge in [0, 0.05) is 25.2 Å². The molecule has 1 amide bonds. The summed E-state index contributed by atoms with van der Waals surface area (Å²) in [6, 6.07) is 11.6. The lowest BCUT2D eigenvalue weighted by Gasteiger charge is -2.19. The number of carbonyl (C=O) groups is 1. The van der Waals surface area contributed by atoms with Crippen LogP contribution in [-0.2, 0) is 6.54 Å². The number of pyridine rings is 1. The van der Waals surface area contributed by atoms with Gasteiger partial charge in [-0.1, -0.05) is 12.1 Å². The number of nitrogens with zero attached hydrogens (tertiary/aromatic N) is 3. The molecule has 5 nitrogen and oxygen atoms in total. The van der Waals surface area contributed by atoms with Crippen molar-refractivity contribution < 1.29 is 9.53 Å². The Morgan fingerprint density at radius 1 is 1.38 bits per heavy atom. The predicted molar refractivity (Wildman–Crippen MR) is 101 cm³/mol. The second-order valence-electron chi connectivity index (χ2n) is 6.37. The highest BCUT2D eigenvalue weighted by atomic mass is 32.2. The Morgan fingerprint density at radius 2 is 2.08 bits per heavy atom. The molecule has 3 rings (SSSR count). The maximum atomic E-state index is 13.0. The Morgan fingerprint density at radius 3 is 2.62 bits per heavy atom. The fourth-order valence-corrected chi connectivity index (χ4v) is 3.39. The molecule has 0 bridgehead atoms. The van der Waals surface area contributed by atoms with Crippen molar-refractivity contribution >= 4 is 17.7 Å². The third-order valence-electron chi connectivity index (χ3n) is 4.46. The molecule has 1 aromatic carbocycles. The van der Waals surface area contributed by atoms with E-state index in [0.29, 0.717) is 28.6 Å². The van der Waals surface area contributed by atoms with E-state index < -0.39 is 0 Å². The van der Waals surface area contributed by atoms with E-state index >= 15 is 0 Å². The molecule has 1 fully saturated rings. The normalized spacial score (nSPS) is 13.2. The van der Waals surface area contributed by atoms with E-state index in [9.17, 15) is 10.1 Å². The van der Waals surface area contributed by atoms with E-state index in [0.717, 1.165) is 29.8 Å². The zero-order valence-corrected chi connectivity index (χ0v) is 16.0. The molecule has 1 aliphatic rings. The Bertz CT molecular complexity index is 855. The summed E-state index contributed by atoms with van der Waals surface area (Å²) in [5, 5.41) is 10.2. The Balaban J connectivity index is 1.87. The average Bonchev–Trinajstić information content (AvgIpc) is 3.52. The van der Waals surface area contributed by atoms with Crippen molar-refractivity contribution in [3.05, 3.63) is 52.7 Å². The van der Waals surface area contributed by atoms with Gasteiger partial charge in [0.05, 0.1) is 18.2 Å². The quantitative estimate of drug-likeness (QED) is 0.726. The third-order valence-corrected chi connectivity index (χ3v) is 5.14. The Kier molecular flexibility index (Phi) is 5.48. The summed E-state index contributed by atoms with van der Waals surface area (Å²) in [6.07, 6.45) is 4.08. The van der Waals surface area contributed by atoms with Gasteiger partial charge in [0.2, 0.25) is 0 Å². The number of aromatic nitrogens is 1. The van der Waals surface area contributed by atoms with Crippen LogP contribution in [0.25, 0.3) is 0 Å². The fourth-order valence-electron chi connectivity index (χ4n) is 2.84. The van der Waals surface area contributed by atoms with Crippen molar-refractivity contribution in [2.45, 2.75) is 30.3 Å². The van der Waals surface area contributed by atoms with Crippen LogP contribution in [0.5, 0.6) is 5.75 Å². The first-order chi connectivity index (χ1) is 12.6. The molecule has 0 spiro atoms. The SMILES string of the molecule is COc1ccc(CN(C)C(=O)c2cc(C3CC3)nc(SC)c2C#N)cc1. The molecule has 1 aromatic heterocycles. The van der Waals surface area contributed by atoms with E-state index in [1.807, 2.05) is 36.6 Å². The van der Waals surface area contributed by atoms with E-state index in [2.05, 4.69) is 11.1 Å². The monoisotopic (exact) mass is 367 g/mol. The van der Waals surface area contributed by atoms with Gasteiger partial charge in [-0.05, 0) is 42.9 Å². The van der Waals surface area contributed by atoms with E-state index in [-0.39, 0.29) is 5.91 Å². The van der Waals surface area contributed by atoms with Crippen molar-refractivity contribution in [2.75, 3.05) is 20.4 Å². The molecular formula is C20H21N3O2S. The summed E-state index contributed by atoms with van der Waals surface area (Å²) < 4.78 is 5.16. The Hall–Kier alpha value is -2.52. The van der Waals surface area contributed by atoms with Gasteiger partial charge in [0.1, 0.15) is 16.8 Å². The lowest BCUT2D eigenvalue weighted by molar-refractivity contribution is 0.0784. The minimum absolute atomic E-state index is 0.156. The third kappa shape index (κ3) is 3.83. The topological polar surface area (TPSA) is 66.2 Å². The highest BCUT2D eigenvalue weighted by Gasteiger charge is 2.29. The van der Waals surface area contributed by atoms with E-state index in [1.54, 1.807) is 19.1 Å². The number of hydrogen-bond donors (Lipinski definition) is 0. The molecule has 2 aromatic rings. The maximum absolute atomic E-state index is 13.0. The van der Waals surface area contributed by atoms with Crippen molar-refractivity contribution in [3.8, 4) is 11.8 Å². The summed E-state index contributed by atoms with van der Waals surface area (Å²) in [4.78, 5) is 19.3. The number of benzene rings is 1. The smallest absolute Gasteiger partial charge is 0.255 e. The van der Waals surface area contributed by atoms with E-state index in [1.165, 1.54) is 11.8 Å². The van der Waals surface area contributed by atoms with Crippen molar-refractivity contribution in [1.82, 2.24) is 9.88 Å². The number of ether oxygens (including phenoxy) is 1. The second-order valence-corrected chi connectivity index (χ2v) is 7.17. The van der Waals surface area contributed by atoms with Gasteiger partial charge in [-0.3, -0.25) is 4.79 Å². The highest BCUT2D eigenvalue weighted by molar-refractivity contribution is 7.98. The van der Waals surface area contributed by atoms with Gasteiger partial charge in [-0.15, -0.1) is 11.8 Å². The molecule has 1 saturated carbocycles. The number of carbonyl (C=O) groups excluding carboxylic acids is 1. The minimum Gasteiger partial charge on any atom is -0.497 e. The molecule has 0 radical (unpaired) electrons. The van der Waals surface area contributed by atoms with Crippen LogP contribution in [0, 0.1) is 11.3 Å². The largest absolute Gasteiger partial charge is 0.497 e. The van der Waals surface area contributed by atoms with Crippen LogP contribution in [0.1, 0.15) is 45.9 Å². The summed E-state index contributed by atoms with van der Waals surface area (Å²) in [7, 11) is 3.38. The number of amides is 1. The summed E-state index contributed by atoms with van der Waals surface area (Å²) in [5.41, 5.74) is 2.74. The molecule has 1 aliphatic carbocycles. The zero-order valence-electron chi connectivity index (χ0n) is 15.2. The van der Waals surface area contributed by atoms with Gasteiger partial charge in [-0.25, -0.2) is 4.98 Å². The highest BCUT2D eigenvalue weighted by Crippen LogP contribution is 2.40. The Labute approximate surface area is 158 Å². The van der Waals surface area contributed by atoms with Gasteiger partial charge in [-0.2, -0.15) is 5.26 Å². The first-order valence-electron chi connectivity index (χ1n) is 8.44. The first-order valence-corrected chi connectivity index (χ1v) is 9.67. The molecule has 0 unspecified atom stereocenters. The predicted octanol–water partition coefficient (Wildman–Crippen LogP) is 3.83. The second kappa shape index (κ2) is 7.79. The zero-order chi connectivity index (χ0) is 18.7. The molecule has 0 saturated heterocycles. The number of methoxy groups -OCH3 is 1. The van der Waals surface area contributed by atoms with Gasteiger partial charge in [0.25, 0.3) is 5.91 Å². The van der Waals surface area contributed by atoms with Crippen LogP contribution in [0.15, 0.2) is 35.4 Å². The molecular weight excluding hydrogens is 346 g/mol. The molecule has 0 N–H and O–H groups in total. The van der Waals surface area contributed by atoms with Crippen LogP contribution < -0.4 is 4.74 Å². The number of thioether (sulfide) groups is 1. The standard InChI is InChI=1S/C20H21N3O2S/c1-23(12-13-4-8-15(25-2)9-5-13)20(24)16-10-18(14-6-7-14)22-19(26-3)17(16)11-21/h4-5,8-10,14H,6-7,12H2,1-3H3. The number of nitriles is 1. The molecule has 0 atom stereocenters. The van der Waals surface area contributed by atoms with Crippen molar-refractivity contribution in [3.63, 3.8) is 0 Å². The molecule has 26 heavy (non-hydrogen) atoms. The van der Waals surface area contributed by atoms with Gasteiger partial charge < -0.3 is 9.64 Å². The van der Waals surface area contributed by atoms with Crippen LogP contribution in [0.3, 0.4) is 0 Å². The van der Waals surface area contributed by atoms with Gasteiger partial charge >= 0.3 is 0 Å². The van der Waals surface area contributed by atoms with Crippen LogP contribution in [0.2, 0.25) is 0 Å². The number of hydrogen-bond acceptors (Lipinski definition) is 5. The average molecular weight is 367 g/mol. The first kappa shape index (κ1) is 18.3. The lowest BCUT2D eigenvalue weighted by Crippen LogP contribution is -2.27. The summed E-state index contributed by atoms with van der Waals surface area (Å²) in [6.45, 7) is 0.462. The van der Waals surface area contributed by atoms with Crippen LogP contribution in [0.4, 0.5) is 0 Å². The minimum atomic E-state index is -0.156. The van der Waals surface area contributed by atoms with Crippen LogP contribution >= 0.6 is 11.8 Å². The van der Waals surface area contributed by atoms with Gasteiger partial charge in [0.15, 0.2) is 0 Å².